The van der Waals surface area contributed by atoms with E-state index in [1.54, 1.807) is 42.1 Å². The van der Waals surface area contributed by atoms with Gasteiger partial charge in [-0.05, 0) is 36.3 Å². The highest BCUT2D eigenvalue weighted by Crippen LogP contribution is 2.39. The molecule has 1 aromatic heterocycles. The first kappa shape index (κ1) is 22.9. The van der Waals surface area contributed by atoms with Crippen LogP contribution in [0, 0.1) is 0 Å². The molecule has 0 spiro atoms. The average Bonchev–Trinajstić information content (AvgIpc) is 3.27. The Morgan fingerprint density at radius 3 is 2.31 bits per heavy atom. The lowest BCUT2D eigenvalue weighted by Crippen LogP contribution is -2.50. The minimum absolute atomic E-state index is 0.176. The minimum atomic E-state index is -3.60. The van der Waals surface area contributed by atoms with Crippen molar-refractivity contribution in [2.75, 3.05) is 24.2 Å². The molecule has 0 atom stereocenters. The Kier molecular flexibility index (Phi) is 6.94. The topological polar surface area (TPSA) is 92.3 Å². The first-order chi connectivity index (χ1) is 15.5. The molecule has 3 aromatic rings. The third-order valence-corrected chi connectivity index (χ3v) is 9.38. The predicted molar refractivity (Wildman–Crippen MR) is 127 cm³/mol. The Morgan fingerprint density at radius 2 is 1.69 bits per heavy atom. The zero-order valence-corrected chi connectivity index (χ0v) is 20.0. The molecule has 0 bridgehead atoms. The Bertz CT molecular complexity index is 1160. The number of rotatable bonds is 7. The van der Waals surface area contributed by atoms with Crippen LogP contribution in [0.3, 0.4) is 0 Å². The maximum atomic E-state index is 13.5. The smallest absolute Gasteiger partial charge is 0.243 e. The fourth-order valence-corrected chi connectivity index (χ4v) is 7.02. The molecule has 1 aliphatic heterocycles. The molecule has 0 aliphatic carbocycles. The van der Waals surface area contributed by atoms with Crippen molar-refractivity contribution in [3.8, 4) is 0 Å². The van der Waals surface area contributed by atoms with E-state index in [0.717, 1.165) is 15.7 Å². The summed E-state index contributed by atoms with van der Waals surface area (Å²) in [5.41, 5.74) is 0.0372. The second kappa shape index (κ2) is 9.70. The van der Waals surface area contributed by atoms with Crippen LogP contribution in [-0.4, -0.2) is 47.7 Å². The summed E-state index contributed by atoms with van der Waals surface area (Å²) in [4.78, 5) is 13.8. The Hall–Kier alpha value is -2.27. The number of carbonyl (C=O) groups excluding carboxylic acids is 1. The van der Waals surface area contributed by atoms with Crippen LogP contribution in [-0.2, 0) is 20.2 Å². The molecule has 1 N–H and O–H groups in total. The van der Waals surface area contributed by atoms with E-state index in [1.807, 2.05) is 37.3 Å². The van der Waals surface area contributed by atoms with E-state index in [-0.39, 0.29) is 23.9 Å². The van der Waals surface area contributed by atoms with Crippen LogP contribution >= 0.6 is 23.1 Å². The van der Waals surface area contributed by atoms with Gasteiger partial charge in [0.2, 0.25) is 21.1 Å². The van der Waals surface area contributed by atoms with Crippen LogP contribution in [0.5, 0.6) is 0 Å². The predicted octanol–water partition coefficient (Wildman–Crippen LogP) is 4.01. The summed E-state index contributed by atoms with van der Waals surface area (Å²) >= 11 is 2.92. The molecule has 1 fully saturated rings. The molecule has 2 aromatic carbocycles. The van der Waals surface area contributed by atoms with Gasteiger partial charge in [-0.25, -0.2) is 8.42 Å². The van der Waals surface area contributed by atoms with Crippen LogP contribution < -0.4 is 5.32 Å². The summed E-state index contributed by atoms with van der Waals surface area (Å²) in [6, 6.07) is 18.0. The van der Waals surface area contributed by atoms with E-state index in [1.165, 1.54) is 15.6 Å². The lowest BCUT2D eigenvalue weighted by atomic mass is 9.72. The standard InChI is InChI=1S/C22H24N4O3S3/c1-2-30-21-25-24-20(31-21)23-19(27)22(17-9-5-3-6-10-17)13-15-26(16-14-22)32(28,29)18-11-7-4-8-12-18/h3-12H,2,13-16H2,1H3,(H,23,24,27). The van der Waals surface area contributed by atoms with Crippen molar-refractivity contribution in [2.24, 2.45) is 0 Å². The monoisotopic (exact) mass is 488 g/mol. The summed E-state index contributed by atoms with van der Waals surface area (Å²) in [5.74, 6) is 0.701. The highest BCUT2D eigenvalue weighted by atomic mass is 32.2. The maximum Gasteiger partial charge on any atom is 0.243 e. The summed E-state index contributed by atoms with van der Waals surface area (Å²) < 4.78 is 28.4. The van der Waals surface area contributed by atoms with E-state index >= 15 is 0 Å². The van der Waals surface area contributed by atoms with E-state index in [9.17, 15) is 13.2 Å². The fraction of sp³-hybridized carbons (Fsp3) is 0.318. The average molecular weight is 489 g/mol. The highest BCUT2D eigenvalue weighted by Gasteiger charge is 2.45. The van der Waals surface area contributed by atoms with E-state index in [2.05, 4.69) is 15.5 Å². The van der Waals surface area contributed by atoms with Gasteiger partial charge in [-0.1, -0.05) is 78.6 Å². The van der Waals surface area contributed by atoms with Gasteiger partial charge < -0.3 is 0 Å². The first-order valence-electron chi connectivity index (χ1n) is 10.3. The van der Waals surface area contributed by atoms with Crippen molar-refractivity contribution in [1.29, 1.82) is 0 Å². The van der Waals surface area contributed by atoms with Crippen LogP contribution in [0.1, 0.15) is 25.3 Å². The lowest BCUT2D eigenvalue weighted by Gasteiger charge is -2.40. The largest absolute Gasteiger partial charge is 0.300 e. The summed E-state index contributed by atoms with van der Waals surface area (Å²) in [7, 11) is -3.60. The number of nitrogens with one attached hydrogen (secondary N) is 1. The molecule has 1 saturated heterocycles. The zero-order chi connectivity index (χ0) is 22.6. The van der Waals surface area contributed by atoms with Gasteiger partial charge in [0.25, 0.3) is 0 Å². The quantitative estimate of drug-likeness (QED) is 0.399. The molecule has 0 saturated carbocycles. The van der Waals surface area contributed by atoms with Crippen LogP contribution in [0.15, 0.2) is 69.9 Å². The van der Waals surface area contributed by atoms with E-state index < -0.39 is 15.4 Å². The number of hydrogen-bond acceptors (Lipinski definition) is 7. The summed E-state index contributed by atoms with van der Waals surface area (Å²) in [5, 5.41) is 11.6. The van der Waals surface area contributed by atoms with Gasteiger partial charge >= 0.3 is 0 Å². The SMILES string of the molecule is CCSc1nnc(NC(=O)C2(c3ccccc3)CCN(S(=O)(=O)c3ccccc3)CC2)s1. The molecule has 1 amide bonds. The maximum absolute atomic E-state index is 13.5. The fourth-order valence-electron chi connectivity index (χ4n) is 3.91. The van der Waals surface area contributed by atoms with Crippen LogP contribution in [0.25, 0.3) is 0 Å². The van der Waals surface area contributed by atoms with E-state index in [0.29, 0.717) is 18.0 Å². The van der Waals surface area contributed by atoms with Gasteiger partial charge in [-0.3, -0.25) is 10.1 Å². The Labute approximate surface area is 196 Å². The number of amides is 1. The molecule has 0 unspecified atom stereocenters. The second-order valence-electron chi connectivity index (χ2n) is 7.43. The highest BCUT2D eigenvalue weighted by molar-refractivity contribution is 8.01. The zero-order valence-electron chi connectivity index (χ0n) is 17.6. The number of nitrogens with zero attached hydrogens (tertiary/aromatic N) is 3. The second-order valence-corrected chi connectivity index (χ2v) is 11.9. The molecule has 0 radical (unpaired) electrons. The number of anilines is 1. The van der Waals surface area contributed by atoms with Gasteiger partial charge in [0.1, 0.15) is 0 Å². The molecule has 2 heterocycles. The van der Waals surface area contributed by atoms with Gasteiger partial charge in [0.05, 0.1) is 10.3 Å². The number of benzene rings is 2. The Morgan fingerprint density at radius 1 is 1.06 bits per heavy atom. The van der Waals surface area contributed by atoms with Gasteiger partial charge in [-0.15, -0.1) is 10.2 Å². The van der Waals surface area contributed by atoms with Crippen molar-refractivity contribution in [1.82, 2.24) is 14.5 Å². The summed E-state index contributed by atoms with van der Waals surface area (Å²) in [6.45, 7) is 2.55. The lowest BCUT2D eigenvalue weighted by molar-refractivity contribution is -0.123. The molecule has 32 heavy (non-hydrogen) atoms. The third kappa shape index (κ3) is 4.59. The molecule has 4 rings (SSSR count). The number of thioether (sulfide) groups is 1. The van der Waals surface area contributed by atoms with Crippen molar-refractivity contribution in [2.45, 2.75) is 34.4 Å². The third-order valence-electron chi connectivity index (χ3n) is 5.61. The number of hydrogen-bond donors (Lipinski definition) is 1. The molecular formula is C22H24N4O3S3. The van der Waals surface area contributed by atoms with Gasteiger partial charge in [-0.2, -0.15) is 4.31 Å². The minimum Gasteiger partial charge on any atom is -0.300 e. The number of carbonyl (C=O) groups is 1. The molecule has 7 nitrogen and oxygen atoms in total. The van der Waals surface area contributed by atoms with Gasteiger partial charge in [0.15, 0.2) is 4.34 Å². The van der Waals surface area contributed by atoms with Crippen molar-refractivity contribution >= 4 is 44.2 Å². The number of sulfonamides is 1. The molecule has 1 aliphatic rings. The molecule has 10 heteroatoms. The van der Waals surface area contributed by atoms with Crippen LogP contribution in [0.4, 0.5) is 5.13 Å². The number of piperidine rings is 1. The number of aromatic nitrogens is 2. The summed E-state index contributed by atoms with van der Waals surface area (Å²) in [6.07, 6.45) is 0.758. The molecular weight excluding hydrogens is 464 g/mol. The van der Waals surface area contributed by atoms with E-state index in [4.69, 9.17) is 0 Å². The molecule has 168 valence electrons. The van der Waals surface area contributed by atoms with Crippen molar-refractivity contribution < 1.29 is 13.2 Å². The van der Waals surface area contributed by atoms with Crippen molar-refractivity contribution in [3.63, 3.8) is 0 Å². The van der Waals surface area contributed by atoms with Crippen molar-refractivity contribution in [3.05, 3.63) is 66.2 Å². The first-order valence-corrected chi connectivity index (χ1v) is 13.6. The normalized spacial score (nSPS) is 16.5. The Balaban J connectivity index is 1.58. The van der Waals surface area contributed by atoms with Crippen LogP contribution in [0.2, 0.25) is 0 Å². The van der Waals surface area contributed by atoms with Gasteiger partial charge in [0, 0.05) is 13.1 Å².